The minimum atomic E-state index is -0.118. The number of esters is 1. The summed E-state index contributed by atoms with van der Waals surface area (Å²) in [5.74, 6) is -0.0791. The first-order valence-electron chi connectivity index (χ1n) is 5.43. The van der Waals surface area contributed by atoms with E-state index in [1.807, 2.05) is 13.8 Å². The Bertz CT molecular complexity index is 251. The van der Waals surface area contributed by atoms with Crippen molar-refractivity contribution >= 4 is 11.8 Å². The van der Waals surface area contributed by atoms with Crippen molar-refractivity contribution in [3.63, 3.8) is 0 Å². The van der Waals surface area contributed by atoms with Crippen molar-refractivity contribution in [3.8, 4) is 6.07 Å². The highest BCUT2D eigenvalue weighted by molar-refractivity contribution is 5.82. The van der Waals surface area contributed by atoms with Crippen LogP contribution < -0.4 is 0 Å². The minimum Gasteiger partial charge on any atom is -0.466 e. The Hall–Kier alpha value is -1.37. The molecule has 4 heteroatoms. The molecule has 0 aromatic heterocycles. The monoisotopic (exact) mass is 227 g/mol. The molecule has 0 aromatic rings. The number of nitriles is 1. The highest BCUT2D eigenvalue weighted by atomic mass is 16.5. The van der Waals surface area contributed by atoms with E-state index < -0.39 is 0 Å². The molecular weight excluding hydrogens is 206 g/mol. The molecule has 0 heterocycles. The summed E-state index contributed by atoms with van der Waals surface area (Å²) in [5, 5.41) is 8.01. The second kappa shape index (κ2) is 10.2. The normalized spacial score (nSPS) is 9.12. The first-order chi connectivity index (χ1) is 7.36. The van der Waals surface area contributed by atoms with Crippen LogP contribution in [0.5, 0.6) is 0 Å². The van der Waals surface area contributed by atoms with Crippen LogP contribution in [0.4, 0.5) is 0 Å². The molecule has 0 aliphatic rings. The Morgan fingerprint density at radius 3 is 1.81 bits per heavy atom. The van der Waals surface area contributed by atoms with Gasteiger partial charge in [-0.15, -0.1) is 0 Å². The molecule has 16 heavy (non-hydrogen) atoms. The maximum atomic E-state index is 10.5. The number of ether oxygens (including phenoxy) is 1. The largest absolute Gasteiger partial charge is 0.466 e. The quantitative estimate of drug-likeness (QED) is 0.691. The first-order valence-corrected chi connectivity index (χ1v) is 5.43. The van der Waals surface area contributed by atoms with Crippen LogP contribution in [0.2, 0.25) is 0 Å². The lowest BCUT2D eigenvalue weighted by molar-refractivity contribution is -0.146. The van der Waals surface area contributed by atoms with Crippen molar-refractivity contribution in [1.29, 1.82) is 5.26 Å². The molecule has 0 N–H and O–H groups in total. The average molecular weight is 227 g/mol. The van der Waals surface area contributed by atoms with E-state index in [0.717, 1.165) is 0 Å². The van der Waals surface area contributed by atoms with E-state index in [1.165, 1.54) is 0 Å². The van der Waals surface area contributed by atoms with E-state index in [9.17, 15) is 9.59 Å². The third-order valence-corrected chi connectivity index (χ3v) is 1.66. The van der Waals surface area contributed by atoms with Gasteiger partial charge in [-0.05, 0) is 6.92 Å². The van der Waals surface area contributed by atoms with Crippen LogP contribution in [-0.4, -0.2) is 18.4 Å². The summed E-state index contributed by atoms with van der Waals surface area (Å²) in [5.41, 5.74) is 0. The molecule has 0 aromatic carbocycles. The van der Waals surface area contributed by atoms with Gasteiger partial charge in [-0.3, -0.25) is 9.59 Å². The summed E-state index contributed by atoms with van der Waals surface area (Å²) in [6.07, 6.45) is 0.0532. The van der Waals surface area contributed by atoms with E-state index in [-0.39, 0.29) is 30.0 Å². The zero-order valence-electron chi connectivity index (χ0n) is 10.7. The van der Waals surface area contributed by atoms with Crippen molar-refractivity contribution in [2.75, 3.05) is 6.61 Å². The predicted molar refractivity (Wildman–Crippen MR) is 61.5 cm³/mol. The highest BCUT2D eigenvalue weighted by Crippen LogP contribution is 1.96. The van der Waals surface area contributed by atoms with Crippen LogP contribution in [0.15, 0.2) is 0 Å². The number of ketones is 1. The fourth-order valence-corrected chi connectivity index (χ4v) is 0.591. The molecule has 0 fully saturated rings. The molecule has 4 nitrogen and oxygen atoms in total. The molecule has 0 radical (unpaired) electrons. The number of carbonyl (C=O) groups excluding carboxylic acids is 2. The maximum absolute atomic E-state index is 10.5. The van der Waals surface area contributed by atoms with Gasteiger partial charge in [0.15, 0.2) is 0 Å². The van der Waals surface area contributed by atoms with E-state index in [1.54, 1.807) is 26.8 Å². The van der Waals surface area contributed by atoms with Gasteiger partial charge in [-0.1, -0.05) is 27.7 Å². The third-order valence-electron chi connectivity index (χ3n) is 1.66. The molecule has 0 unspecified atom stereocenters. The van der Waals surface area contributed by atoms with Gasteiger partial charge in [0.1, 0.15) is 5.78 Å². The number of nitrogens with zero attached hydrogens (tertiary/aromatic N) is 1. The lowest BCUT2D eigenvalue weighted by Gasteiger charge is -2.01. The Kier molecular flexibility index (Phi) is 10.8. The van der Waals surface area contributed by atoms with Gasteiger partial charge >= 0.3 is 5.97 Å². The summed E-state index contributed by atoms with van der Waals surface area (Å²) in [7, 11) is 0. The summed E-state index contributed by atoms with van der Waals surface area (Å²) in [6, 6.07) is 1.80. The van der Waals surface area contributed by atoms with Gasteiger partial charge in [0.05, 0.1) is 25.0 Å². The van der Waals surface area contributed by atoms with E-state index in [2.05, 4.69) is 4.74 Å². The Morgan fingerprint density at radius 1 is 1.19 bits per heavy atom. The molecule has 0 aliphatic heterocycles. The first kappa shape index (κ1) is 17.0. The van der Waals surface area contributed by atoms with Gasteiger partial charge in [-0.2, -0.15) is 5.26 Å². The Labute approximate surface area is 97.6 Å². The number of rotatable bonds is 4. The van der Waals surface area contributed by atoms with Gasteiger partial charge in [0.25, 0.3) is 0 Å². The van der Waals surface area contributed by atoms with Crippen molar-refractivity contribution in [2.45, 2.75) is 41.0 Å². The number of carbonyl (C=O) groups is 2. The molecule has 0 bridgehead atoms. The smallest absolute Gasteiger partial charge is 0.308 e. The second-order valence-electron chi connectivity index (χ2n) is 3.86. The van der Waals surface area contributed by atoms with Crippen LogP contribution in [0.3, 0.4) is 0 Å². The SMILES string of the molecule is CC(C)C(=O)CC#N.CCOC(=O)C(C)C. The van der Waals surface area contributed by atoms with Gasteiger partial charge in [-0.25, -0.2) is 0 Å². The number of hydrogen-bond acceptors (Lipinski definition) is 4. The van der Waals surface area contributed by atoms with Gasteiger partial charge < -0.3 is 4.74 Å². The topological polar surface area (TPSA) is 67.2 Å². The predicted octanol–water partition coefficient (Wildman–Crippen LogP) is 2.33. The molecule has 0 amide bonds. The summed E-state index contributed by atoms with van der Waals surface area (Å²) in [4.78, 5) is 21.0. The van der Waals surface area contributed by atoms with Crippen molar-refractivity contribution < 1.29 is 14.3 Å². The fourth-order valence-electron chi connectivity index (χ4n) is 0.591. The number of hydrogen-bond donors (Lipinski definition) is 0. The zero-order valence-corrected chi connectivity index (χ0v) is 10.7. The van der Waals surface area contributed by atoms with Crippen LogP contribution >= 0.6 is 0 Å². The number of Topliss-reactive ketones (excluding diaryl/α,β-unsaturated/α-hetero) is 1. The Balaban J connectivity index is 0. The third kappa shape index (κ3) is 10.7. The highest BCUT2D eigenvalue weighted by Gasteiger charge is 2.05. The molecule has 0 spiro atoms. The lowest BCUT2D eigenvalue weighted by Crippen LogP contribution is -2.10. The lowest BCUT2D eigenvalue weighted by atomic mass is 10.1. The second-order valence-corrected chi connectivity index (χ2v) is 3.86. The van der Waals surface area contributed by atoms with Crippen molar-refractivity contribution in [2.24, 2.45) is 11.8 Å². The summed E-state index contributed by atoms with van der Waals surface area (Å²) >= 11 is 0. The average Bonchev–Trinajstić information content (AvgIpc) is 2.19. The molecule has 0 saturated heterocycles. The Morgan fingerprint density at radius 2 is 1.69 bits per heavy atom. The van der Waals surface area contributed by atoms with Crippen molar-refractivity contribution in [1.82, 2.24) is 0 Å². The van der Waals surface area contributed by atoms with Crippen LogP contribution in [0.1, 0.15) is 41.0 Å². The van der Waals surface area contributed by atoms with E-state index in [0.29, 0.717) is 6.61 Å². The van der Waals surface area contributed by atoms with E-state index in [4.69, 9.17) is 5.26 Å². The standard InChI is InChI=1S/C6H9NO.C6H12O2/c1-5(2)6(8)3-4-7;1-4-8-6(7)5(2)3/h5H,3H2,1-2H3;5H,4H2,1-3H3. The minimum absolute atomic E-state index is 0.00894. The van der Waals surface area contributed by atoms with Crippen LogP contribution in [0, 0.1) is 23.2 Å². The zero-order chi connectivity index (χ0) is 13.1. The fraction of sp³-hybridized carbons (Fsp3) is 0.750. The van der Waals surface area contributed by atoms with Crippen molar-refractivity contribution in [3.05, 3.63) is 0 Å². The van der Waals surface area contributed by atoms with E-state index >= 15 is 0 Å². The molecule has 0 saturated carbocycles. The molecule has 0 aliphatic carbocycles. The molecule has 0 rings (SSSR count). The van der Waals surface area contributed by atoms with Crippen LogP contribution in [0.25, 0.3) is 0 Å². The van der Waals surface area contributed by atoms with Crippen LogP contribution in [-0.2, 0) is 14.3 Å². The van der Waals surface area contributed by atoms with Gasteiger partial charge in [0.2, 0.25) is 0 Å². The maximum Gasteiger partial charge on any atom is 0.308 e. The molecular formula is C12H21NO3. The van der Waals surface area contributed by atoms with Gasteiger partial charge in [0, 0.05) is 5.92 Å². The molecule has 0 atom stereocenters. The summed E-state index contributed by atoms with van der Waals surface area (Å²) < 4.78 is 4.66. The molecule has 92 valence electrons. The summed E-state index contributed by atoms with van der Waals surface area (Å²) in [6.45, 7) is 9.51.